The lowest BCUT2D eigenvalue weighted by atomic mass is 9.93. The zero-order valence-corrected chi connectivity index (χ0v) is 11.1. The summed E-state index contributed by atoms with van der Waals surface area (Å²) in [6.07, 6.45) is 0.716. The first-order valence-corrected chi connectivity index (χ1v) is 6.06. The first kappa shape index (κ1) is 13.8. The molecule has 4 heteroatoms. The lowest BCUT2D eigenvalue weighted by molar-refractivity contribution is 0.176. The van der Waals surface area contributed by atoms with Crippen LogP contribution in [0.25, 0.3) is 0 Å². The molecule has 0 unspecified atom stereocenters. The number of halogens is 2. The van der Waals surface area contributed by atoms with Gasteiger partial charge in [0.05, 0.1) is 16.7 Å². The summed E-state index contributed by atoms with van der Waals surface area (Å²) in [5.41, 5.74) is 0.748. The summed E-state index contributed by atoms with van der Waals surface area (Å²) in [5, 5.41) is 13.8. The van der Waals surface area contributed by atoms with E-state index in [4.69, 9.17) is 23.2 Å². The number of hydrogen-bond donors (Lipinski definition) is 2. The standard InChI is InChI=1S/C12H17Cl2NO/c1-3-15-12(2,8-16)7-9-4-5-10(13)11(14)6-9/h4-6,15-16H,3,7-8H2,1-2H3/t12-/m0/s1. The van der Waals surface area contributed by atoms with Gasteiger partial charge in [-0.2, -0.15) is 0 Å². The van der Waals surface area contributed by atoms with E-state index < -0.39 is 0 Å². The van der Waals surface area contributed by atoms with E-state index in [1.807, 2.05) is 26.0 Å². The van der Waals surface area contributed by atoms with Gasteiger partial charge >= 0.3 is 0 Å². The number of likely N-dealkylation sites (N-methyl/N-ethyl adjacent to an activating group) is 1. The Kier molecular flexibility index (Phi) is 5.06. The lowest BCUT2D eigenvalue weighted by Crippen LogP contribution is -2.47. The molecule has 0 spiro atoms. The summed E-state index contributed by atoms with van der Waals surface area (Å²) in [5.74, 6) is 0. The first-order valence-electron chi connectivity index (χ1n) is 5.30. The molecule has 0 aliphatic rings. The van der Waals surface area contributed by atoms with E-state index in [1.165, 1.54) is 0 Å². The Hall–Kier alpha value is -0.280. The van der Waals surface area contributed by atoms with Crippen LogP contribution in [0.15, 0.2) is 18.2 Å². The van der Waals surface area contributed by atoms with Crippen LogP contribution in [0.4, 0.5) is 0 Å². The van der Waals surface area contributed by atoms with Crippen LogP contribution in [0.3, 0.4) is 0 Å². The number of aliphatic hydroxyl groups is 1. The highest BCUT2D eigenvalue weighted by molar-refractivity contribution is 6.42. The number of nitrogens with one attached hydrogen (secondary N) is 1. The van der Waals surface area contributed by atoms with Crippen LogP contribution in [0.5, 0.6) is 0 Å². The Labute approximate surface area is 107 Å². The van der Waals surface area contributed by atoms with Crippen molar-refractivity contribution in [1.82, 2.24) is 5.32 Å². The molecule has 2 nitrogen and oxygen atoms in total. The Bertz CT molecular complexity index is 357. The largest absolute Gasteiger partial charge is 0.394 e. The third-order valence-electron chi connectivity index (χ3n) is 2.53. The van der Waals surface area contributed by atoms with Crippen molar-refractivity contribution in [3.05, 3.63) is 33.8 Å². The fourth-order valence-corrected chi connectivity index (χ4v) is 2.02. The zero-order chi connectivity index (χ0) is 12.2. The van der Waals surface area contributed by atoms with E-state index in [2.05, 4.69) is 5.32 Å². The Morgan fingerprint density at radius 1 is 1.31 bits per heavy atom. The van der Waals surface area contributed by atoms with Crippen LogP contribution in [-0.2, 0) is 6.42 Å². The van der Waals surface area contributed by atoms with Crippen LogP contribution in [0, 0.1) is 0 Å². The number of benzene rings is 1. The van der Waals surface area contributed by atoms with Gasteiger partial charge < -0.3 is 10.4 Å². The van der Waals surface area contributed by atoms with Crippen LogP contribution in [0.1, 0.15) is 19.4 Å². The minimum atomic E-state index is -0.314. The monoisotopic (exact) mass is 261 g/mol. The molecule has 1 atom stereocenters. The van der Waals surface area contributed by atoms with Crippen LogP contribution in [-0.4, -0.2) is 23.8 Å². The third-order valence-corrected chi connectivity index (χ3v) is 3.27. The van der Waals surface area contributed by atoms with Gasteiger partial charge in [0.2, 0.25) is 0 Å². The molecular weight excluding hydrogens is 245 g/mol. The smallest absolute Gasteiger partial charge is 0.0613 e. The maximum Gasteiger partial charge on any atom is 0.0613 e. The topological polar surface area (TPSA) is 32.3 Å². The Morgan fingerprint density at radius 2 is 2.00 bits per heavy atom. The summed E-state index contributed by atoms with van der Waals surface area (Å²) in [6.45, 7) is 4.90. The molecule has 0 bridgehead atoms. The average Bonchev–Trinajstić information content (AvgIpc) is 2.24. The summed E-state index contributed by atoms with van der Waals surface area (Å²) < 4.78 is 0. The molecule has 0 heterocycles. The van der Waals surface area contributed by atoms with Gasteiger partial charge in [0.15, 0.2) is 0 Å². The van der Waals surface area contributed by atoms with Crippen molar-refractivity contribution >= 4 is 23.2 Å². The van der Waals surface area contributed by atoms with E-state index in [0.717, 1.165) is 12.1 Å². The molecule has 0 radical (unpaired) electrons. The quantitative estimate of drug-likeness (QED) is 0.855. The molecule has 16 heavy (non-hydrogen) atoms. The maximum atomic E-state index is 9.38. The van der Waals surface area contributed by atoms with Crippen molar-refractivity contribution in [3.8, 4) is 0 Å². The molecule has 0 aliphatic carbocycles. The highest BCUT2D eigenvalue weighted by atomic mass is 35.5. The van der Waals surface area contributed by atoms with Gasteiger partial charge in [0.25, 0.3) is 0 Å². The van der Waals surface area contributed by atoms with Gasteiger partial charge in [-0.05, 0) is 37.6 Å². The average molecular weight is 262 g/mol. The summed E-state index contributed by atoms with van der Waals surface area (Å²) in [4.78, 5) is 0. The first-order chi connectivity index (χ1) is 7.50. The maximum absolute atomic E-state index is 9.38. The minimum absolute atomic E-state index is 0.0844. The highest BCUT2D eigenvalue weighted by Crippen LogP contribution is 2.24. The minimum Gasteiger partial charge on any atom is -0.394 e. The van der Waals surface area contributed by atoms with Crippen molar-refractivity contribution in [2.75, 3.05) is 13.2 Å². The van der Waals surface area contributed by atoms with E-state index >= 15 is 0 Å². The number of hydrogen-bond acceptors (Lipinski definition) is 2. The highest BCUT2D eigenvalue weighted by Gasteiger charge is 2.22. The van der Waals surface area contributed by atoms with Crippen LogP contribution in [0.2, 0.25) is 10.0 Å². The van der Waals surface area contributed by atoms with Gasteiger partial charge in [-0.25, -0.2) is 0 Å². The second-order valence-corrected chi connectivity index (χ2v) is 4.99. The van der Waals surface area contributed by atoms with Crippen LogP contribution >= 0.6 is 23.2 Å². The molecule has 0 saturated carbocycles. The predicted molar refractivity (Wildman–Crippen MR) is 69.3 cm³/mol. The predicted octanol–water partition coefficient (Wildman–Crippen LogP) is 2.90. The van der Waals surface area contributed by atoms with Gasteiger partial charge in [-0.15, -0.1) is 0 Å². The van der Waals surface area contributed by atoms with Crippen molar-refractivity contribution in [2.45, 2.75) is 25.8 Å². The Morgan fingerprint density at radius 3 is 2.50 bits per heavy atom. The van der Waals surface area contributed by atoms with E-state index in [1.54, 1.807) is 6.07 Å². The molecule has 2 N–H and O–H groups in total. The third kappa shape index (κ3) is 3.63. The molecule has 90 valence electrons. The molecule has 0 amide bonds. The van der Waals surface area contributed by atoms with Crippen molar-refractivity contribution < 1.29 is 5.11 Å². The van der Waals surface area contributed by atoms with Gasteiger partial charge in [0, 0.05) is 5.54 Å². The van der Waals surface area contributed by atoms with Gasteiger partial charge in [-0.1, -0.05) is 36.2 Å². The fraction of sp³-hybridized carbons (Fsp3) is 0.500. The molecule has 1 aromatic carbocycles. The Balaban J connectivity index is 2.81. The zero-order valence-electron chi connectivity index (χ0n) is 9.56. The van der Waals surface area contributed by atoms with E-state index in [-0.39, 0.29) is 12.1 Å². The van der Waals surface area contributed by atoms with Crippen molar-refractivity contribution in [2.24, 2.45) is 0 Å². The molecule has 1 aromatic rings. The van der Waals surface area contributed by atoms with Gasteiger partial charge in [0.1, 0.15) is 0 Å². The second-order valence-electron chi connectivity index (χ2n) is 4.17. The summed E-state index contributed by atoms with van der Waals surface area (Å²) in [7, 11) is 0. The molecule has 0 aromatic heterocycles. The fourth-order valence-electron chi connectivity index (χ4n) is 1.70. The van der Waals surface area contributed by atoms with Crippen molar-refractivity contribution in [1.29, 1.82) is 0 Å². The number of aliphatic hydroxyl groups excluding tert-OH is 1. The molecule has 0 saturated heterocycles. The number of rotatable bonds is 5. The molecule has 1 rings (SSSR count). The second kappa shape index (κ2) is 5.87. The summed E-state index contributed by atoms with van der Waals surface area (Å²) in [6, 6.07) is 5.55. The van der Waals surface area contributed by atoms with Crippen molar-refractivity contribution in [3.63, 3.8) is 0 Å². The van der Waals surface area contributed by atoms with Crippen LogP contribution < -0.4 is 5.32 Å². The SMILES string of the molecule is CCN[C@](C)(CO)Cc1ccc(Cl)c(Cl)c1. The van der Waals surface area contributed by atoms with E-state index in [0.29, 0.717) is 16.5 Å². The van der Waals surface area contributed by atoms with Gasteiger partial charge in [-0.3, -0.25) is 0 Å². The molecule has 0 aliphatic heterocycles. The van der Waals surface area contributed by atoms with E-state index in [9.17, 15) is 5.11 Å². The summed E-state index contributed by atoms with van der Waals surface area (Å²) >= 11 is 11.8. The normalized spacial score (nSPS) is 14.8. The molecular formula is C12H17Cl2NO. The molecule has 0 fully saturated rings. The lowest BCUT2D eigenvalue weighted by Gasteiger charge is -2.28.